The lowest BCUT2D eigenvalue weighted by molar-refractivity contribution is 0.127. The van der Waals surface area contributed by atoms with Crippen LogP contribution in [-0.2, 0) is 9.47 Å². The Balaban J connectivity index is 2.13. The van der Waals surface area contributed by atoms with E-state index >= 15 is 0 Å². The van der Waals surface area contributed by atoms with Gasteiger partial charge in [-0.15, -0.1) is 0 Å². The van der Waals surface area contributed by atoms with Gasteiger partial charge in [0.2, 0.25) is 0 Å². The van der Waals surface area contributed by atoms with Gasteiger partial charge in [-0.2, -0.15) is 0 Å². The van der Waals surface area contributed by atoms with E-state index in [2.05, 4.69) is 0 Å². The van der Waals surface area contributed by atoms with Crippen molar-refractivity contribution in [3.63, 3.8) is 0 Å². The molecule has 1 fully saturated rings. The number of rotatable bonds is 0. The van der Waals surface area contributed by atoms with Gasteiger partial charge < -0.3 is 9.47 Å². The van der Waals surface area contributed by atoms with Crippen molar-refractivity contribution in [1.82, 2.24) is 0 Å². The maximum atomic E-state index is 5.18. The second kappa shape index (κ2) is 1.26. The van der Waals surface area contributed by atoms with E-state index in [4.69, 9.17) is 9.47 Å². The average Bonchev–Trinajstić information content (AvgIpc) is 2.45. The van der Waals surface area contributed by atoms with Gasteiger partial charge in [0.1, 0.15) is 18.3 Å². The summed E-state index contributed by atoms with van der Waals surface area (Å²) in [6.07, 6.45) is 4.67. The quantitative estimate of drug-likeness (QED) is 0.430. The van der Waals surface area contributed by atoms with Crippen LogP contribution in [0.1, 0.15) is 6.92 Å². The van der Waals surface area contributed by atoms with Crippen LogP contribution in [0.15, 0.2) is 12.3 Å². The van der Waals surface area contributed by atoms with E-state index in [0.29, 0.717) is 12.2 Å². The molecule has 2 aliphatic heterocycles. The fraction of sp³-hybridized carbons (Fsp3) is 0.667. The molecule has 2 heteroatoms. The van der Waals surface area contributed by atoms with Gasteiger partial charge in [-0.1, -0.05) is 0 Å². The highest BCUT2D eigenvalue weighted by Gasteiger charge is 2.44. The molecule has 44 valence electrons. The molecule has 0 aromatic heterocycles. The average molecular weight is 112 g/mol. The molecule has 0 spiro atoms. The first-order valence-electron chi connectivity index (χ1n) is 2.85. The monoisotopic (exact) mass is 112 g/mol. The second-order valence-electron chi connectivity index (χ2n) is 2.24. The van der Waals surface area contributed by atoms with Crippen molar-refractivity contribution in [2.24, 2.45) is 0 Å². The molecule has 2 rings (SSSR count). The molecule has 0 aromatic rings. The third-order valence-electron chi connectivity index (χ3n) is 1.59. The van der Waals surface area contributed by atoms with Gasteiger partial charge in [-0.25, -0.2) is 0 Å². The first-order valence-corrected chi connectivity index (χ1v) is 2.85. The normalized spacial score (nSPS) is 49.9. The first kappa shape index (κ1) is 4.39. The summed E-state index contributed by atoms with van der Waals surface area (Å²) in [6.45, 7) is 2.02. The van der Waals surface area contributed by atoms with E-state index in [9.17, 15) is 0 Å². The summed E-state index contributed by atoms with van der Waals surface area (Å²) in [7, 11) is 0. The summed E-state index contributed by atoms with van der Waals surface area (Å²) in [4.78, 5) is 0. The van der Waals surface area contributed by atoms with Gasteiger partial charge in [-0.05, 0) is 13.0 Å². The van der Waals surface area contributed by atoms with E-state index in [0.717, 1.165) is 0 Å². The van der Waals surface area contributed by atoms with Crippen molar-refractivity contribution in [1.29, 1.82) is 0 Å². The summed E-state index contributed by atoms with van der Waals surface area (Å²) < 4.78 is 10.3. The lowest BCUT2D eigenvalue weighted by Gasteiger charge is -2.09. The standard InChI is InChI=1S/C6H8O2/c1-4-6-5(8-6)2-3-7-4/h2-6H,1H3/t4-,5+,6-/m1/s1. The molecule has 0 bridgehead atoms. The number of hydrogen-bond donors (Lipinski definition) is 0. The molecule has 2 aliphatic rings. The molecule has 0 aliphatic carbocycles. The van der Waals surface area contributed by atoms with Gasteiger partial charge in [0.05, 0.1) is 6.26 Å². The Labute approximate surface area is 48.1 Å². The zero-order valence-electron chi connectivity index (χ0n) is 4.70. The Morgan fingerprint density at radius 1 is 1.50 bits per heavy atom. The molecule has 0 aromatic carbocycles. The van der Waals surface area contributed by atoms with Crippen LogP contribution in [0.4, 0.5) is 0 Å². The smallest absolute Gasteiger partial charge is 0.125 e. The van der Waals surface area contributed by atoms with E-state index < -0.39 is 0 Å². The van der Waals surface area contributed by atoms with Gasteiger partial charge in [0, 0.05) is 0 Å². The van der Waals surface area contributed by atoms with E-state index in [1.807, 2.05) is 13.0 Å². The van der Waals surface area contributed by atoms with Crippen LogP contribution in [0.3, 0.4) is 0 Å². The fourth-order valence-electron chi connectivity index (χ4n) is 0.993. The Morgan fingerprint density at radius 2 is 2.38 bits per heavy atom. The predicted octanol–water partition coefficient (Wildman–Crippen LogP) is 0.686. The van der Waals surface area contributed by atoms with Gasteiger partial charge in [0.25, 0.3) is 0 Å². The minimum Gasteiger partial charge on any atom is -0.496 e. The van der Waals surface area contributed by atoms with E-state index in [1.165, 1.54) is 0 Å². The Hall–Kier alpha value is -0.500. The molecular formula is C6H8O2. The molecule has 1 saturated heterocycles. The molecule has 0 radical (unpaired) electrons. The van der Waals surface area contributed by atoms with Crippen LogP contribution in [-0.4, -0.2) is 18.3 Å². The van der Waals surface area contributed by atoms with Crippen LogP contribution in [0, 0.1) is 0 Å². The third kappa shape index (κ3) is 0.464. The summed E-state index contributed by atoms with van der Waals surface area (Å²) in [5.41, 5.74) is 0. The highest BCUT2D eigenvalue weighted by Crippen LogP contribution is 2.31. The van der Waals surface area contributed by atoms with Crippen molar-refractivity contribution in [3.8, 4) is 0 Å². The number of hydrogen-bond acceptors (Lipinski definition) is 2. The molecule has 3 atom stereocenters. The van der Waals surface area contributed by atoms with Gasteiger partial charge in [0.15, 0.2) is 0 Å². The summed E-state index contributed by atoms with van der Waals surface area (Å²) in [6, 6.07) is 0. The summed E-state index contributed by atoms with van der Waals surface area (Å²) in [5, 5.41) is 0. The number of ether oxygens (including phenoxy) is 2. The third-order valence-corrected chi connectivity index (χ3v) is 1.59. The minimum atomic E-state index is 0.269. The zero-order chi connectivity index (χ0) is 5.56. The lowest BCUT2D eigenvalue weighted by atomic mass is 10.2. The highest BCUT2D eigenvalue weighted by molar-refractivity contribution is 5.06. The topological polar surface area (TPSA) is 21.8 Å². The van der Waals surface area contributed by atoms with E-state index in [1.54, 1.807) is 6.26 Å². The molecule has 0 amide bonds. The molecular weight excluding hydrogens is 104 g/mol. The summed E-state index contributed by atoms with van der Waals surface area (Å²) in [5.74, 6) is 0. The van der Waals surface area contributed by atoms with Crippen LogP contribution in [0.5, 0.6) is 0 Å². The molecule has 0 unspecified atom stereocenters. The Bertz CT molecular complexity index is 130. The highest BCUT2D eigenvalue weighted by atomic mass is 16.6. The second-order valence-corrected chi connectivity index (χ2v) is 2.24. The van der Waals surface area contributed by atoms with Crippen molar-refractivity contribution in [2.45, 2.75) is 25.2 Å². The largest absolute Gasteiger partial charge is 0.496 e. The van der Waals surface area contributed by atoms with Crippen LogP contribution >= 0.6 is 0 Å². The SMILES string of the molecule is C[C@H]1OC=C[C@@H]2O[C@@H]21. The van der Waals surface area contributed by atoms with Crippen molar-refractivity contribution >= 4 is 0 Å². The summed E-state index contributed by atoms with van der Waals surface area (Å²) >= 11 is 0. The molecule has 8 heavy (non-hydrogen) atoms. The zero-order valence-corrected chi connectivity index (χ0v) is 4.70. The fourth-order valence-corrected chi connectivity index (χ4v) is 0.993. The maximum Gasteiger partial charge on any atom is 0.125 e. The van der Waals surface area contributed by atoms with Gasteiger partial charge >= 0.3 is 0 Å². The number of fused-ring (bicyclic) bond motifs is 1. The number of epoxide rings is 1. The molecule has 0 saturated carbocycles. The predicted molar refractivity (Wildman–Crippen MR) is 28.3 cm³/mol. The van der Waals surface area contributed by atoms with Crippen molar-refractivity contribution < 1.29 is 9.47 Å². The van der Waals surface area contributed by atoms with Crippen LogP contribution in [0.25, 0.3) is 0 Å². The van der Waals surface area contributed by atoms with Gasteiger partial charge in [-0.3, -0.25) is 0 Å². The lowest BCUT2D eigenvalue weighted by Crippen LogP contribution is -2.17. The van der Waals surface area contributed by atoms with Crippen molar-refractivity contribution in [2.75, 3.05) is 0 Å². The minimum absolute atomic E-state index is 0.269. The Kier molecular flexibility index (Phi) is 0.690. The Morgan fingerprint density at radius 3 is 3.00 bits per heavy atom. The molecule has 2 nitrogen and oxygen atoms in total. The maximum absolute atomic E-state index is 5.18. The molecule has 0 N–H and O–H groups in total. The van der Waals surface area contributed by atoms with E-state index in [-0.39, 0.29) is 6.10 Å². The van der Waals surface area contributed by atoms with Crippen molar-refractivity contribution in [3.05, 3.63) is 12.3 Å². The molecule has 2 heterocycles. The van der Waals surface area contributed by atoms with Crippen LogP contribution in [0.2, 0.25) is 0 Å². The first-order chi connectivity index (χ1) is 3.88. The van der Waals surface area contributed by atoms with Crippen LogP contribution < -0.4 is 0 Å².